The summed E-state index contributed by atoms with van der Waals surface area (Å²) in [7, 11) is 0. The summed E-state index contributed by atoms with van der Waals surface area (Å²) < 4.78 is 0. The van der Waals surface area contributed by atoms with E-state index in [2.05, 4.69) is 9.97 Å². The topological polar surface area (TPSA) is 83.0 Å². The van der Waals surface area contributed by atoms with Gasteiger partial charge in [0.15, 0.2) is 0 Å². The van der Waals surface area contributed by atoms with Crippen molar-refractivity contribution in [1.82, 2.24) is 9.97 Å². The Bertz CT molecular complexity index is 610. The van der Waals surface area contributed by atoms with Crippen LogP contribution in [0.4, 0.5) is 0 Å². The van der Waals surface area contributed by atoms with Crippen molar-refractivity contribution in [3.63, 3.8) is 0 Å². The van der Waals surface area contributed by atoms with Gasteiger partial charge in [-0.2, -0.15) is 0 Å². The first-order valence-electron chi connectivity index (χ1n) is 5.16. The Kier molecular flexibility index (Phi) is 3.78. The van der Waals surface area contributed by atoms with Gasteiger partial charge in [0.1, 0.15) is 11.4 Å². The number of carbonyl (C=O) groups is 1. The lowest BCUT2D eigenvalue weighted by molar-refractivity contribution is 0.0694. The van der Waals surface area contributed by atoms with Crippen molar-refractivity contribution in [3.8, 4) is 0 Å². The molecule has 0 bridgehead atoms. The van der Waals surface area contributed by atoms with Crippen molar-refractivity contribution in [3.05, 3.63) is 58.3 Å². The maximum Gasteiger partial charge on any atom is 0.342 e. The fraction of sp³-hybridized carbons (Fsp3) is 0.0833. The molecule has 2 rings (SSSR count). The normalized spacial score (nSPS) is 10.2. The third-order valence-electron chi connectivity index (χ3n) is 2.20. The molecule has 0 radical (unpaired) electrons. The van der Waals surface area contributed by atoms with Crippen molar-refractivity contribution in [2.75, 3.05) is 0 Å². The van der Waals surface area contributed by atoms with E-state index in [9.17, 15) is 9.59 Å². The number of rotatable bonds is 4. The van der Waals surface area contributed by atoms with Crippen LogP contribution in [0.2, 0.25) is 0 Å². The molecule has 0 aliphatic heterocycles. The van der Waals surface area contributed by atoms with E-state index in [4.69, 9.17) is 5.11 Å². The highest BCUT2D eigenvalue weighted by Crippen LogP contribution is 2.19. The molecule has 0 fully saturated rings. The number of carboxylic acid groups (broad SMARTS) is 1. The molecule has 0 unspecified atom stereocenters. The van der Waals surface area contributed by atoms with Crippen LogP contribution in [0.25, 0.3) is 0 Å². The molecule has 92 valence electrons. The first-order chi connectivity index (χ1) is 8.66. The Hall–Kier alpha value is -2.08. The van der Waals surface area contributed by atoms with E-state index in [1.807, 2.05) is 30.3 Å². The Labute approximate surface area is 107 Å². The maximum atomic E-state index is 11.4. The lowest BCUT2D eigenvalue weighted by Crippen LogP contribution is -2.19. The summed E-state index contributed by atoms with van der Waals surface area (Å²) in [5.74, 6) is -0.330. The Morgan fingerprint density at radius 2 is 2.06 bits per heavy atom. The zero-order chi connectivity index (χ0) is 13.0. The summed E-state index contributed by atoms with van der Waals surface area (Å²) in [6.45, 7) is 0. The van der Waals surface area contributed by atoms with Crippen molar-refractivity contribution in [2.24, 2.45) is 0 Å². The molecule has 2 aromatic rings. The number of H-pyrrole nitrogens is 1. The third-order valence-corrected chi connectivity index (χ3v) is 3.22. The number of benzene rings is 1. The summed E-state index contributed by atoms with van der Waals surface area (Å²) in [5, 5.41) is 8.70. The van der Waals surface area contributed by atoms with Gasteiger partial charge >= 0.3 is 5.97 Å². The Morgan fingerprint density at radius 1 is 1.33 bits per heavy atom. The minimum Gasteiger partial charge on any atom is -0.477 e. The molecule has 1 aromatic carbocycles. The highest BCUT2D eigenvalue weighted by molar-refractivity contribution is 7.98. The van der Waals surface area contributed by atoms with E-state index in [0.29, 0.717) is 11.6 Å². The van der Waals surface area contributed by atoms with Gasteiger partial charge in [-0.05, 0) is 12.1 Å². The van der Waals surface area contributed by atoms with Crippen LogP contribution in [0.3, 0.4) is 0 Å². The lowest BCUT2D eigenvalue weighted by Gasteiger charge is -2.01. The molecule has 0 saturated heterocycles. The minimum absolute atomic E-state index is 0.344. The number of carboxylic acids is 1. The smallest absolute Gasteiger partial charge is 0.342 e. The van der Waals surface area contributed by atoms with E-state index < -0.39 is 11.5 Å². The highest BCUT2D eigenvalue weighted by atomic mass is 32.2. The van der Waals surface area contributed by atoms with Gasteiger partial charge in [0.25, 0.3) is 5.56 Å². The summed E-state index contributed by atoms with van der Waals surface area (Å²) >= 11 is 1.52. The molecule has 0 aliphatic rings. The molecule has 18 heavy (non-hydrogen) atoms. The molecule has 0 spiro atoms. The summed E-state index contributed by atoms with van der Waals surface area (Å²) in [4.78, 5) is 29.5. The molecule has 2 N–H and O–H groups in total. The molecule has 0 saturated carbocycles. The Morgan fingerprint density at radius 3 is 2.67 bits per heavy atom. The molecule has 0 amide bonds. The van der Waals surface area contributed by atoms with Gasteiger partial charge in [-0.3, -0.25) is 4.79 Å². The first-order valence-corrected chi connectivity index (χ1v) is 6.14. The molecule has 0 aliphatic carbocycles. The van der Waals surface area contributed by atoms with Crippen molar-refractivity contribution in [1.29, 1.82) is 0 Å². The number of hydrogen-bond donors (Lipinski definition) is 2. The van der Waals surface area contributed by atoms with Crippen LogP contribution in [0.5, 0.6) is 0 Å². The van der Waals surface area contributed by atoms with Crippen LogP contribution in [-0.4, -0.2) is 21.0 Å². The van der Waals surface area contributed by atoms with E-state index in [0.717, 1.165) is 11.1 Å². The average Bonchev–Trinajstić information content (AvgIpc) is 2.37. The first kappa shape index (κ1) is 12.4. The Balaban J connectivity index is 2.09. The monoisotopic (exact) mass is 262 g/mol. The summed E-state index contributed by atoms with van der Waals surface area (Å²) in [6.07, 6.45) is 1.09. The largest absolute Gasteiger partial charge is 0.477 e. The van der Waals surface area contributed by atoms with Crippen LogP contribution in [0.15, 0.2) is 46.2 Å². The molecule has 5 nitrogen and oxygen atoms in total. The van der Waals surface area contributed by atoms with Crippen LogP contribution in [0, 0.1) is 0 Å². The number of nitrogens with one attached hydrogen (secondary N) is 1. The van der Waals surface area contributed by atoms with Gasteiger partial charge in [0.05, 0.1) is 5.75 Å². The predicted molar refractivity (Wildman–Crippen MR) is 67.8 cm³/mol. The van der Waals surface area contributed by atoms with Gasteiger partial charge in [-0.1, -0.05) is 18.2 Å². The zero-order valence-corrected chi connectivity index (χ0v) is 10.1. The third kappa shape index (κ3) is 2.98. The van der Waals surface area contributed by atoms with Gasteiger partial charge < -0.3 is 10.1 Å². The number of hydrogen-bond acceptors (Lipinski definition) is 4. The maximum absolute atomic E-state index is 11.4. The standard InChI is InChI=1S/C12H10N2O3S/c15-11-9(12(16)17)6-13-10(14-11)7-18-8-4-2-1-3-5-8/h1-6H,7H2,(H,16,17)(H,13,14,15). The summed E-state index contributed by atoms with van der Waals surface area (Å²) in [5.41, 5.74) is -0.968. The van der Waals surface area contributed by atoms with E-state index in [1.165, 1.54) is 11.8 Å². The molecule has 6 heteroatoms. The quantitative estimate of drug-likeness (QED) is 0.820. The minimum atomic E-state index is -1.27. The molecule has 0 atom stereocenters. The van der Waals surface area contributed by atoms with E-state index in [-0.39, 0.29) is 5.56 Å². The van der Waals surface area contributed by atoms with E-state index >= 15 is 0 Å². The second kappa shape index (κ2) is 5.50. The van der Waals surface area contributed by atoms with Gasteiger partial charge in [-0.15, -0.1) is 11.8 Å². The lowest BCUT2D eigenvalue weighted by atomic mass is 10.3. The van der Waals surface area contributed by atoms with Crippen LogP contribution < -0.4 is 5.56 Å². The van der Waals surface area contributed by atoms with Gasteiger partial charge in [-0.25, -0.2) is 9.78 Å². The van der Waals surface area contributed by atoms with Gasteiger partial charge in [0.2, 0.25) is 0 Å². The molecular weight excluding hydrogens is 252 g/mol. The van der Waals surface area contributed by atoms with Crippen molar-refractivity contribution < 1.29 is 9.90 Å². The number of thioether (sulfide) groups is 1. The highest BCUT2D eigenvalue weighted by Gasteiger charge is 2.09. The van der Waals surface area contributed by atoms with E-state index in [1.54, 1.807) is 0 Å². The number of aromatic amines is 1. The summed E-state index contributed by atoms with van der Waals surface area (Å²) in [6, 6.07) is 9.67. The predicted octanol–water partition coefficient (Wildman–Crippen LogP) is 1.76. The second-order valence-corrected chi connectivity index (χ2v) is 4.53. The average molecular weight is 262 g/mol. The number of aromatic nitrogens is 2. The second-order valence-electron chi connectivity index (χ2n) is 3.48. The van der Waals surface area contributed by atoms with Gasteiger partial charge in [0, 0.05) is 11.1 Å². The molecule has 1 aromatic heterocycles. The SMILES string of the molecule is O=C(O)c1cnc(CSc2ccccc2)[nH]c1=O. The number of aromatic carboxylic acids is 1. The fourth-order valence-electron chi connectivity index (χ4n) is 1.33. The van der Waals surface area contributed by atoms with Crippen molar-refractivity contribution >= 4 is 17.7 Å². The molecular formula is C12H10N2O3S. The number of nitrogens with zero attached hydrogens (tertiary/aromatic N) is 1. The van der Waals surface area contributed by atoms with Crippen LogP contribution in [0.1, 0.15) is 16.2 Å². The van der Waals surface area contributed by atoms with Crippen LogP contribution in [-0.2, 0) is 5.75 Å². The fourth-order valence-corrected chi connectivity index (χ4v) is 2.13. The molecule has 1 heterocycles. The zero-order valence-electron chi connectivity index (χ0n) is 9.29. The van der Waals surface area contributed by atoms with Crippen molar-refractivity contribution in [2.45, 2.75) is 10.6 Å². The van der Waals surface area contributed by atoms with Crippen LogP contribution >= 0.6 is 11.8 Å².